The van der Waals surface area contributed by atoms with Gasteiger partial charge in [0.1, 0.15) is 24.5 Å². The highest BCUT2D eigenvalue weighted by atomic mass is 16.5. The minimum absolute atomic E-state index is 0.473. The van der Waals surface area contributed by atoms with E-state index >= 15 is 0 Å². The Morgan fingerprint density at radius 1 is 1.04 bits per heavy atom. The SMILES string of the molecule is CN(C)CCOc1cccc(-n2cc(-c3ccccc3)c3c(N)ncnc32)c1. The number of anilines is 1. The molecule has 2 aromatic carbocycles. The second-order valence-electron chi connectivity index (χ2n) is 6.89. The fraction of sp³-hybridized carbons (Fsp3) is 0.182. The van der Waals surface area contributed by atoms with Crippen LogP contribution in [0.5, 0.6) is 5.75 Å². The number of ether oxygens (including phenoxy) is 1. The predicted molar refractivity (Wildman–Crippen MR) is 113 cm³/mol. The van der Waals surface area contributed by atoms with Gasteiger partial charge in [-0.2, -0.15) is 0 Å². The number of likely N-dealkylation sites (N-methyl/N-ethyl adjacent to an activating group) is 1. The first-order chi connectivity index (χ1) is 13.6. The molecule has 0 bridgehead atoms. The van der Waals surface area contributed by atoms with Crippen LogP contribution in [0.25, 0.3) is 27.8 Å². The standard InChI is InChI=1S/C22H23N5O/c1-26(2)11-12-28-18-10-6-9-17(13-18)27-14-19(16-7-4-3-5-8-16)20-21(23)24-15-25-22(20)27/h3-10,13-15H,11-12H2,1-2H3,(H2,23,24,25). The normalized spacial score (nSPS) is 11.2. The number of nitrogens with two attached hydrogens (primary N) is 1. The molecule has 6 nitrogen and oxygen atoms in total. The van der Waals surface area contributed by atoms with Crippen LogP contribution in [0.3, 0.4) is 0 Å². The summed E-state index contributed by atoms with van der Waals surface area (Å²) in [6.45, 7) is 1.49. The monoisotopic (exact) mass is 373 g/mol. The first-order valence-electron chi connectivity index (χ1n) is 9.18. The summed E-state index contributed by atoms with van der Waals surface area (Å²) in [5, 5.41) is 0.854. The molecule has 0 saturated carbocycles. The number of hydrogen-bond donors (Lipinski definition) is 1. The Morgan fingerprint density at radius 3 is 2.64 bits per heavy atom. The molecule has 0 radical (unpaired) electrons. The number of nitrogens with zero attached hydrogens (tertiary/aromatic N) is 4. The van der Waals surface area contributed by atoms with Crippen LogP contribution >= 0.6 is 0 Å². The van der Waals surface area contributed by atoms with E-state index in [4.69, 9.17) is 10.5 Å². The second-order valence-corrected chi connectivity index (χ2v) is 6.89. The number of rotatable bonds is 6. The van der Waals surface area contributed by atoms with Gasteiger partial charge >= 0.3 is 0 Å². The lowest BCUT2D eigenvalue weighted by Gasteiger charge is -2.12. The average molecular weight is 373 g/mol. The van der Waals surface area contributed by atoms with E-state index in [9.17, 15) is 0 Å². The predicted octanol–water partition coefficient (Wildman–Crippen LogP) is 3.61. The van der Waals surface area contributed by atoms with Crippen molar-refractivity contribution < 1.29 is 4.74 Å². The van der Waals surface area contributed by atoms with Gasteiger partial charge in [0.2, 0.25) is 0 Å². The van der Waals surface area contributed by atoms with Crippen molar-refractivity contribution in [2.45, 2.75) is 0 Å². The minimum atomic E-state index is 0.473. The van der Waals surface area contributed by atoms with Gasteiger partial charge < -0.3 is 19.9 Å². The molecule has 0 saturated heterocycles. The molecule has 6 heteroatoms. The van der Waals surface area contributed by atoms with Crippen molar-refractivity contribution in [1.82, 2.24) is 19.4 Å². The molecule has 0 atom stereocenters. The van der Waals surface area contributed by atoms with E-state index in [1.165, 1.54) is 6.33 Å². The van der Waals surface area contributed by atoms with Gasteiger partial charge in [-0.05, 0) is 31.8 Å². The van der Waals surface area contributed by atoms with E-state index < -0.39 is 0 Å². The van der Waals surface area contributed by atoms with E-state index in [0.29, 0.717) is 12.4 Å². The zero-order chi connectivity index (χ0) is 19.5. The average Bonchev–Trinajstić information content (AvgIpc) is 3.10. The van der Waals surface area contributed by atoms with Crippen molar-refractivity contribution in [2.24, 2.45) is 0 Å². The van der Waals surface area contributed by atoms with E-state index in [-0.39, 0.29) is 0 Å². The van der Waals surface area contributed by atoms with E-state index in [2.05, 4.69) is 33.2 Å². The third kappa shape index (κ3) is 3.54. The second kappa shape index (κ2) is 7.70. The summed E-state index contributed by atoms with van der Waals surface area (Å²) in [6.07, 6.45) is 3.56. The molecule has 0 spiro atoms. The number of fused-ring (bicyclic) bond motifs is 1. The number of benzene rings is 2. The lowest BCUT2D eigenvalue weighted by Crippen LogP contribution is -2.19. The summed E-state index contributed by atoms with van der Waals surface area (Å²) >= 11 is 0. The fourth-order valence-electron chi connectivity index (χ4n) is 3.19. The minimum Gasteiger partial charge on any atom is -0.492 e. The largest absolute Gasteiger partial charge is 0.492 e. The molecule has 0 unspecified atom stereocenters. The molecular formula is C22H23N5O. The Hall–Kier alpha value is -3.38. The quantitative estimate of drug-likeness (QED) is 0.559. The van der Waals surface area contributed by atoms with E-state index in [1.807, 2.05) is 61.1 Å². The molecule has 2 heterocycles. The van der Waals surface area contributed by atoms with Crippen LogP contribution < -0.4 is 10.5 Å². The maximum absolute atomic E-state index is 6.22. The smallest absolute Gasteiger partial charge is 0.150 e. The van der Waals surface area contributed by atoms with Crippen molar-refractivity contribution >= 4 is 16.9 Å². The van der Waals surface area contributed by atoms with Crippen molar-refractivity contribution in [3.05, 3.63) is 67.1 Å². The summed E-state index contributed by atoms with van der Waals surface area (Å²) < 4.78 is 7.93. The maximum atomic E-state index is 6.22. The Labute approximate surface area is 164 Å². The molecule has 4 aromatic rings. The summed E-state index contributed by atoms with van der Waals surface area (Å²) in [6, 6.07) is 18.1. The lowest BCUT2D eigenvalue weighted by molar-refractivity contribution is 0.261. The summed E-state index contributed by atoms with van der Waals surface area (Å²) in [5.74, 6) is 1.30. The Balaban J connectivity index is 1.79. The van der Waals surface area contributed by atoms with Gasteiger partial charge in [0.15, 0.2) is 5.65 Å². The maximum Gasteiger partial charge on any atom is 0.150 e. The summed E-state index contributed by atoms with van der Waals surface area (Å²) in [5.41, 5.74) is 10.0. The first kappa shape index (κ1) is 18.0. The summed E-state index contributed by atoms with van der Waals surface area (Å²) in [7, 11) is 4.06. The van der Waals surface area contributed by atoms with Crippen LogP contribution in [0, 0.1) is 0 Å². The zero-order valence-corrected chi connectivity index (χ0v) is 16.0. The van der Waals surface area contributed by atoms with Gasteiger partial charge in [-0.15, -0.1) is 0 Å². The molecule has 0 amide bonds. The van der Waals surface area contributed by atoms with Crippen LogP contribution in [0.2, 0.25) is 0 Å². The van der Waals surface area contributed by atoms with Crippen LogP contribution in [0.15, 0.2) is 67.1 Å². The molecule has 0 fully saturated rings. The third-order valence-electron chi connectivity index (χ3n) is 4.60. The van der Waals surface area contributed by atoms with Crippen LogP contribution in [0.4, 0.5) is 5.82 Å². The lowest BCUT2D eigenvalue weighted by atomic mass is 10.1. The van der Waals surface area contributed by atoms with Crippen molar-refractivity contribution in [3.8, 4) is 22.6 Å². The molecule has 2 N–H and O–H groups in total. The molecule has 0 aliphatic rings. The molecule has 2 aromatic heterocycles. The van der Waals surface area contributed by atoms with Crippen molar-refractivity contribution in [1.29, 1.82) is 0 Å². The van der Waals surface area contributed by atoms with Crippen LogP contribution in [0.1, 0.15) is 0 Å². The molecule has 0 aliphatic carbocycles. The van der Waals surface area contributed by atoms with Gasteiger partial charge in [-0.1, -0.05) is 36.4 Å². The molecule has 142 valence electrons. The highest BCUT2D eigenvalue weighted by Crippen LogP contribution is 2.34. The van der Waals surface area contributed by atoms with E-state index in [1.54, 1.807) is 0 Å². The van der Waals surface area contributed by atoms with Gasteiger partial charge in [0.05, 0.1) is 11.1 Å². The van der Waals surface area contributed by atoms with Crippen molar-refractivity contribution in [2.75, 3.05) is 33.0 Å². The highest BCUT2D eigenvalue weighted by Gasteiger charge is 2.16. The molecule has 4 rings (SSSR count). The Bertz CT molecular complexity index is 1090. The van der Waals surface area contributed by atoms with Gasteiger partial charge in [0.25, 0.3) is 0 Å². The summed E-state index contributed by atoms with van der Waals surface area (Å²) in [4.78, 5) is 10.8. The number of nitrogen functional groups attached to an aromatic ring is 1. The van der Waals surface area contributed by atoms with Crippen molar-refractivity contribution in [3.63, 3.8) is 0 Å². The Kier molecular flexibility index (Phi) is 4.95. The van der Waals surface area contributed by atoms with Gasteiger partial charge in [0, 0.05) is 24.4 Å². The number of aromatic nitrogens is 3. The fourth-order valence-corrected chi connectivity index (χ4v) is 3.19. The first-order valence-corrected chi connectivity index (χ1v) is 9.18. The topological polar surface area (TPSA) is 69.2 Å². The molecular weight excluding hydrogens is 350 g/mol. The highest BCUT2D eigenvalue weighted by molar-refractivity contribution is 6.01. The Morgan fingerprint density at radius 2 is 1.86 bits per heavy atom. The third-order valence-corrected chi connectivity index (χ3v) is 4.60. The molecule has 28 heavy (non-hydrogen) atoms. The van der Waals surface area contributed by atoms with Gasteiger partial charge in [-0.3, -0.25) is 0 Å². The van der Waals surface area contributed by atoms with Gasteiger partial charge in [-0.25, -0.2) is 9.97 Å². The van der Waals surface area contributed by atoms with Crippen LogP contribution in [-0.4, -0.2) is 46.7 Å². The van der Waals surface area contributed by atoms with Crippen LogP contribution in [-0.2, 0) is 0 Å². The zero-order valence-electron chi connectivity index (χ0n) is 16.0. The number of hydrogen-bond acceptors (Lipinski definition) is 5. The van der Waals surface area contributed by atoms with E-state index in [0.717, 1.165) is 40.1 Å². The molecule has 0 aliphatic heterocycles.